The van der Waals surface area contributed by atoms with Gasteiger partial charge in [-0.25, -0.2) is 9.78 Å². The Morgan fingerprint density at radius 2 is 1.95 bits per heavy atom. The molecule has 0 amide bonds. The maximum Gasteiger partial charge on any atom is 0.350 e. The number of ether oxygens (including phenoxy) is 1. The maximum absolute atomic E-state index is 11.5. The molecule has 0 saturated heterocycles. The van der Waals surface area contributed by atoms with Crippen molar-refractivity contribution in [3.63, 3.8) is 0 Å². The van der Waals surface area contributed by atoms with Gasteiger partial charge in [0.2, 0.25) is 0 Å². The van der Waals surface area contributed by atoms with Crippen LogP contribution in [0.2, 0.25) is 0 Å². The topological polar surface area (TPSA) is 54.5 Å². The van der Waals surface area contributed by atoms with E-state index in [9.17, 15) is 4.79 Å². The van der Waals surface area contributed by atoms with Crippen LogP contribution in [0.3, 0.4) is 0 Å². The third-order valence-electron chi connectivity index (χ3n) is 3.14. The Hall–Kier alpha value is -1.14. The molecular weight excluding hydrogens is 274 g/mol. The summed E-state index contributed by atoms with van der Waals surface area (Å²) in [5.41, 5.74) is 0.717. The zero-order valence-corrected chi connectivity index (χ0v) is 14.0. The molecule has 114 valence electrons. The van der Waals surface area contributed by atoms with Crippen molar-refractivity contribution in [3.05, 3.63) is 10.6 Å². The molecule has 6 heteroatoms. The standard InChI is InChI=1S/C14H25N3O2S/c1-9(2)17(10(3)4)8-7-15-14-16-11(5)12(20-14)13(18)19-6/h9-10H,7-8H2,1-6H3,(H,15,16). The van der Waals surface area contributed by atoms with Crippen LogP contribution < -0.4 is 5.32 Å². The largest absolute Gasteiger partial charge is 0.465 e. The third kappa shape index (κ3) is 4.45. The van der Waals surface area contributed by atoms with Crippen LogP contribution in [-0.2, 0) is 4.74 Å². The summed E-state index contributed by atoms with van der Waals surface area (Å²) in [5.74, 6) is -0.320. The van der Waals surface area contributed by atoms with Gasteiger partial charge in [-0.05, 0) is 34.6 Å². The molecule has 0 bridgehead atoms. The zero-order chi connectivity index (χ0) is 15.3. The molecule has 0 fully saturated rings. The molecule has 1 aromatic heterocycles. The van der Waals surface area contributed by atoms with E-state index in [2.05, 4.69) is 42.9 Å². The summed E-state index contributed by atoms with van der Waals surface area (Å²) in [5, 5.41) is 4.06. The van der Waals surface area contributed by atoms with Crippen LogP contribution in [0.15, 0.2) is 0 Å². The van der Waals surface area contributed by atoms with Crippen molar-refractivity contribution < 1.29 is 9.53 Å². The Balaban J connectivity index is 2.56. The second-order valence-corrected chi connectivity index (χ2v) is 6.28. The number of anilines is 1. The number of esters is 1. The molecule has 0 unspecified atom stereocenters. The number of aromatic nitrogens is 1. The van der Waals surface area contributed by atoms with Crippen molar-refractivity contribution in [2.75, 3.05) is 25.5 Å². The van der Waals surface area contributed by atoms with Crippen LogP contribution in [0.4, 0.5) is 5.13 Å². The monoisotopic (exact) mass is 299 g/mol. The predicted molar refractivity (Wildman–Crippen MR) is 83.7 cm³/mol. The van der Waals surface area contributed by atoms with E-state index in [1.165, 1.54) is 18.4 Å². The lowest BCUT2D eigenvalue weighted by atomic mass is 10.2. The van der Waals surface area contributed by atoms with Crippen molar-refractivity contribution in [2.24, 2.45) is 0 Å². The summed E-state index contributed by atoms with van der Waals surface area (Å²) < 4.78 is 4.73. The molecule has 1 heterocycles. The fraction of sp³-hybridized carbons (Fsp3) is 0.714. The first kappa shape index (κ1) is 16.9. The number of rotatable bonds is 7. The third-order valence-corrected chi connectivity index (χ3v) is 4.24. The van der Waals surface area contributed by atoms with Gasteiger partial charge in [-0.3, -0.25) is 4.90 Å². The van der Waals surface area contributed by atoms with Gasteiger partial charge in [-0.2, -0.15) is 0 Å². The molecule has 0 atom stereocenters. The molecule has 0 aliphatic rings. The Labute approximate surface area is 125 Å². The quantitative estimate of drug-likeness (QED) is 0.785. The van der Waals surface area contributed by atoms with E-state index >= 15 is 0 Å². The van der Waals surface area contributed by atoms with E-state index in [-0.39, 0.29) is 5.97 Å². The Kier molecular flexibility index (Phi) is 6.42. The van der Waals surface area contributed by atoms with Gasteiger partial charge in [0.15, 0.2) is 5.13 Å². The molecule has 0 radical (unpaired) electrons. The summed E-state index contributed by atoms with van der Waals surface area (Å²) >= 11 is 1.35. The number of nitrogens with one attached hydrogen (secondary N) is 1. The maximum atomic E-state index is 11.5. The zero-order valence-electron chi connectivity index (χ0n) is 13.2. The first-order chi connectivity index (χ1) is 9.36. The van der Waals surface area contributed by atoms with Crippen molar-refractivity contribution >= 4 is 22.4 Å². The lowest BCUT2D eigenvalue weighted by Crippen LogP contribution is -2.40. The summed E-state index contributed by atoms with van der Waals surface area (Å²) in [6.07, 6.45) is 0. The highest BCUT2D eigenvalue weighted by atomic mass is 32.1. The average molecular weight is 299 g/mol. The second-order valence-electron chi connectivity index (χ2n) is 5.28. The molecule has 0 aromatic carbocycles. The fourth-order valence-corrected chi connectivity index (χ4v) is 3.07. The SMILES string of the molecule is COC(=O)c1sc(NCCN(C(C)C)C(C)C)nc1C. The Bertz CT molecular complexity index is 436. The highest BCUT2D eigenvalue weighted by molar-refractivity contribution is 7.17. The summed E-state index contributed by atoms with van der Waals surface area (Å²) in [7, 11) is 1.39. The van der Waals surface area contributed by atoms with Crippen LogP contribution >= 0.6 is 11.3 Å². The molecule has 0 aliphatic carbocycles. The molecule has 0 saturated carbocycles. The van der Waals surface area contributed by atoms with Crippen molar-refractivity contribution in [2.45, 2.75) is 46.7 Å². The molecular formula is C14H25N3O2S. The number of hydrogen-bond acceptors (Lipinski definition) is 6. The molecule has 20 heavy (non-hydrogen) atoms. The van der Waals surface area contributed by atoms with Crippen molar-refractivity contribution in [1.29, 1.82) is 0 Å². The van der Waals surface area contributed by atoms with E-state index in [0.29, 0.717) is 22.7 Å². The van der Waals surface area contributed by atoms with Crippen LogP contribution in [0.25, 0.3) is 0 Å². The molecule has 1 aromatic rings. The molecule has 0 spiro atoms. The highest BCUT2D eigenvalue weighted by Gasteiger charge is 2.16. The van der Waals surface area contributed by atoms with E-state index in [4.69, 9.17) is 4.74 Å². The summed E-state index contributed by atoms with van der Waals surface area (Å²) in [6, 6.07) is 1.03. The minimum Gasteiger partial charge on any atom is -0.465 e. The van der Waals surface area contributed by atoms with Crippen molar-refractivity contribution in [1.82, 2.24) is 9.88 Å². The number of aryl methyl sites for hydroxylation is 1. The van der Waals surface area contributed by atoms with Crippen molar-refractivity contribution in [3.8, 4) is 0 Å². The molecule has 0 aliphatic heterocycles. The second kappa shape index (κ2) is 7.59. The number of thiazole rings is 1. The highest BCUT2D eigenvalue weighted by Crippen LogP contribution is 2.23. The van der Waals surface area contributed by atoms with Crippen LogP contribution in [0, 0.1) is 6.92 Å². The van der Waals surface area contributed by atoms with Gasteiger partial charge in [0.25, 0.3) is 0 Å². The lowest BCUT2D eigenvalue weighted by molar-refractivity contribution is 0.0605. The van der Waals surface area contributed by atoms with E-state index < -0.39 is 0 Å². The van der Waals surface area contributed by atoms with Crippen LogP contribution in [0.5, 0.6) is 0 Å². The van der Waals surface area contributed by atoms with Gasteiger partial charge in [0, 0.05) is 25.2 Å². The average Bonchev–Trinajstić information content (AvgIpc) is 2.74. The Morgan fingerprint density at radius 1 is 1.35 bits per heavy atom. The van der Waals surface area contributed by atoms with Crippen LogP contribution in [-0.4, -0.2) is 48.1 Å². The van der Waals surface area contributed by atoms with Gasteiger partial charge < -0.3 is 10.1 Å². The van der Waals surface area contributed by atoms with E-state index in [1.807, 2.05) is 6.92 Å². The number of nitrogens with zero attached hydrogens (tertiary/aromatic N) is 2. The molecule has 1 N–H and O–H groups in total. The molecule has 1 rings (SSSR count). The minimum atomic E-state index is -0.320. The van der Waals surface area contributed by atoms with Gasteiger partial charge in [-0.1, -0.05) is 11.3 Å². The summed E-state index contributed by atoms with van der Waals surface area (Å²) in [6.45, 7) is 12.4. The smallest absolute Gasteiger partial charge is 0.350 e. The number of methoxy groups -OCH3 is 1. The molecule has 5 nitrogen and oxygen atoms in total. The Morgan fingerprint density at radius 3 is 2.45 bits per heavy atom. The number of carbonyl (C=O) groups excluding carboxylic acids is 1. The first-order valence-corrected chi connectivity index (χ1v) is 7.73. The fourth-order valence-electron chi connectivity index (χ4n) is 2.16. The summed E-state index contributed by atoms with van der Waals surface area (Å²) in [4.78, 5) is 18.9. The van der Waals surface area contributed by atoms with E-state index in [1.54, 1.807) is 0 Å². The van der Waals surface area contributed by atoms with Gasteiger partial charge in [0.1, 0.15) is 4.88 Å². The van der Waals surface area contributed by atoms with Gasteiger partial charge in [-0.15, -0.1) is 0 Å². The van der Waals surface area contributed by atoms with E-state index in [0.717, 1.165) is 18.2 Å². The van der Waals surface area contributed by atoms with Crippen LogP contribution in [0.1, 0.15) is 43.1 Å². The van der Waals surface area contributed by atoms with Gasteiger partial charge in [0.05, 0.1) is 12.8 Å². The van der Waals surface area contributed by atoms with Gasteiger partial charge >= 0.3 is 5.97 Å². The normalized spacial score (nSPS) is 11.4. The number of hydrogen-bond donors (Lipinski definition) is 1. The lowest BCUT2D eigenvalue weighted by Gasteiger charge is -2.30. The predicted octanol–water partition coefficient (Wildman–Crippen LogP) is 2.77. The minimum absolute atomic E-state index is 0.320. The number of carbonyl (C=O) groups is 1. The first-order valence-electron chi connectivity index (χ1n) is 6.92.